The first-order chi connectivity index (χ1) is 12.7. The van der Waals surface area contributed by atoms with Crippen LogP contribution in [-0.2, 0) is 11.8 Å². The Hall–Kier alpha value is -2.18. The van der Waals surface area contributed by atoms with Crippen molar-refractivity contribution >= 4 is 10.9 Å². The average Bonchev–Trinajstić information content (AvgIpc) is 3.18. The summed E-state index contributed by atoms with van der Waals surface area (Å²) in [6.45, 7) is 6.54. The molecule has 4 heterocycles. The molecule has 0 bridgehead atoms. The summed E-state index contributed by atoms with van der Waals surface area (Å²) in [7, 11) is 1.93. The Bertz CT molecular complexity index is 925. The van der Waals surface area contributed by atoms with Crippen molar-refractivity contribution in [3.8, 4) is 5.69 Å². The van der Waals surface area contributed by atoms with Gasteiger partial charge in [-0.2, -0.15) is 10.2 Å². The molecule has 0 amide bonds. The van der Waals surface area contributed by atoms with E-state index >= 15 is 0 Å². The van der Waals surface area contributed by atoms with Gasteiger partial charge in [0.2, 0.25) is 0 Å². The minimum Gasteiger partial charge on any atom is -0.378 e. The molecule has 3 aromatic rings. The van der Waals surface area contributed by atoms with Crippen LogP contribution in [0.1, 0.15) is 24.8 Å². The van der Waals surface area contributed by atoms with Gasteiger partial charge >= 0.3 is 0 Å². The Morgan fingerprint density at radius 1 is 1.15 bits per heavy atom. The highest BCUT2D eigenvalue weighted by molar-refractivity contribution is 5.81. The van der Waals surface area contributed by atoms with Crippen molar-refractivity contribution in [2.24, 2.45) is 13.0 Å². The van der Waals surface area contributed by atoms with Gasteiger partial charge < -0.3 is 4.74 Å². The van der Waals surface area contributed by atoms with Crippen molar-refractivity contribution < 1.29 is 4.74 Å². The van der Waals surface area contributed by atoms with Crippen LogP contribution < -0.4 is 0 Å². The Morgan fingerprint density at radius 3 is 2.73 bits per heavy atom. The molecule has 2 saturated heterocycles. The zero-order valence-electron chi connectivity index (χ0n) is 15.4. The summed E-state index contributed by atoms with van der Waals surface area (Å²) in [5, 5.41) is 10.0. The number of aryl methyl sites for hydroxylation is 1. The molecular weight excluding hydrogens is 326 g/mol. The quantitative estimate of drug-likeness (QED) is 0.728. The number of hydrogen-bond acceptors (Lipinski definition) is 4. The van der Waals surface area contributed by atoms with Gasteiger partial charge in [0.05, 0.1) is 43.4 Å². The molecule has 2 aliphatic heterocycles. The van der Waals surface area contributed by atoms with Crippen molar-refractivity contribution in [3.63, 3.8) is 0 Å². The Labute approximate surface area is 153 Å². The second kappa shape index (κ2) is 6.21. The van der Waals surface area contributed by atoms with Crippen LogP contribution in [0.5, 0.6) is 0 Å². The monoisotopic (exact) mass is 351 g/mol. The maximum atomic E-state index is 5.37. The topological polar surface area (TPSA) is 48.1 Å². The summed E-state index contributed by atoms with van der Waals surface area (Å²) in [5.74, 6) is 1.26. The molecule has 0 aliphatic carbocycles. The lowest BCUT2D eigenvalue weighted by Gasteiger charge is -2.44. The molecule has 1 aromatic carbocycles. The lowest BCUT2D eigenvalue weighted by Crippen LogP contribution is -2.53. The van der Waals surface area contributed by atoms with Crippen molar-refractivity contribution in [1.29, 1.82) is 0 Å². The largest absolute Gasteiger partial charge is 0.378 e. The summed E-state index contributed by atoms with van der Waals surface area (Å²) in [4.78, 5) is 2.61. The molecule has 0 saturated carbocycles. The maximum Gasteiger partial charge on any atom is 0.103 e. The van der Waals surface area contributed by atoms with Crippen molar-refractivity contribution in [2.75, 3.05) is 26.3 Å². The molecule has 0 N–H and O–H groups in total. The van der Waals surface area contributed by atoms with Crippen molar-refractivity contribution in [1.82, 2.24) is 24.5 Å². The molecule has 6 nitrogen and oxygen atoms in total. The fourth-order valence-electron chi connectivity index (χ4n) is 4.43. The third kappa shape index (κ3) is 2.64. The van der Waals surface area contributed by atoms with Gasteiger partial charge in [-0.1, -0.05) is 19.1 Å². The summed E-state index contributed by atoms with van der Waals surface area (Å²) >= 11 is 0. The van der Waals surface area contributed by atoms with E-state index in [-0.39, 0.29) is 0 Å². The number of benzene rings is 1. The SMILES string of the molecule is C[C@@H]1CN(C2COC2)CC[C@@H]1c1ccc2cnn(-c3cnn(C)c3)c2c1. The van der Waals surface area contributed by atoms with E-state index in [9.17, 15) is 0 Å². The van der Waals surface area contributed by atoms with Crippen LogP contribution in [0.15, 0.2) is 36.8 Å². The number of aromatic nitrogens is 4. The van der Waals surface area contributed by atoms with E-state index < -0.39 is 0 Å². The Balaban J connectivity index is 1.44. The Morgan fingerprint density at radius 2 is 2.04 bits per heavy atom. The third-order valence-corrected chi connectivity index (χ3v) is 6.03. The van der Waals surface area contributed by atoms with Gasteiger partial charge in [-0.25, -0.2) is 4.68 Å². The van der Waals surface area contributed by atoms with E-state index in [0.717, 1.165) is 24.4 Å². The van der Waals surface area contributed by atoms with E-state index in [0.29, 0.717) is 17.9 Å². The number of rotatable bonds is 3. The Kier molecular flexibility index (Phi) is 3.83. The standard InChI is InChI=1S/C20H25N5O/c1-14-10-24(18-12-26-13-18)6-5-19(14)15-3-4-16-8-22-25(20(16)7-15)17-9-21-23(2)11-17/h3-4,7-9,11,14,18-19H,5-6,10,12-13H2,1-2H3/t14-,19+/m1/s1. The third-order valence-electron chi connectivity index (χ3n) is 6.03. The van der Waals surface area contributed by atoms with Gasteiger partial charge in [0.1, 0.15) is 5.69 Å². The fraction of sp³-hybridized carbons (Fsp3) is 0.500. The summed E-state index contributed by atoms with van der Waals surface area (Å²) in [6.07, 6.45) is 7.01. The normalized spacial score (nSPS) is 24.8. The van der Waals surface area contributed by atoms with Gasteiger partial charge in [-0.05, 0) is 36.4 Å². The first-order valence-corrected chi connectivity index (χ1v) is 9.47. The molecule has 0 spiro atoms. The first kappa shape index (κ1) is 16.0. The van der Waals surface area contributed by atoms with Crippen LogP contribution in [0.3, 0.4) is 0 Å². The van der Waals surface area contributed by atoms with Crippen LogP contribution in [0.4, 0.5) is 0 Å². The van der Waals surface area contributed by atoms with Gasteiger partial charge in [-0.3, -0.25) is 9.58 Å². The first-order valence-electron chi connectivity index (χ1n) is 9.47. The zero-order chi connectivity index (χ0) is 17.7. The number of nitrogens with zero attached hydrogens (tertiary/aromatic N) is 5. The predicted molar refractivity (Wildman–Crippen MR) is 101 cm³/mol. The lowest BCUT2D eigenvalue weighted by molar-refractivity contribution is -0.0773. The lowest BCUT2D eigenvalue weighted by atomic mass is 9.81. The minimum absolute atomic E-state index is 0.605. The van der Waals surface area contributed by atoms with Gasteiger partial charge in [0.25, 0.3) is 0 Å². The zero-order valence-corrected chi connectivity index (χ0v) is 15.4. The van der Waals surface area contributed by atoms with E-state index in [1.54, 1.807) is 0 Å². The average molecular weight is 351 g/mol. The second-order valence-electron chi connectivity index (χ2n) is 7.81. The molecule has 136 valence electrons. The summed E-state index contributed by atoms with van der Waals surface area (Å²) in [6, 6.07) is 7.48. The van der Waals surface area contributed by atoms with Gasteiger partial charge in [0.15, 0.2) is 0 Å². The van der Waals surface area contributed by atoms with Crippen molar-refractivity contribution in [2.45, 2.75) is 25.3 Å². The fourth-order valence-corrected chi connectivity index (χ4v) is 4.43. The van der Waals surface area contributed by atoms with E-state index in [1.807, 2.05) is 35.0 Å². The molecule has 2 fully saturated rings. The van der Waals surface area contributed by atoms with Crippen LogP contribution in [-0.4, -0.2) is 56.8 Å². The number of likely N-dealkylation sites (tertiary alicyclic amines) is 1. The summed E-state index contributed by atoms with van der Waals surface area (Å²) < 4.78 is 9.18. The molecule has 0 radical (unpaired) electrons. The number of hydrogen-bond donors (Lipinski definition) is 0. The van der Waals surface area contributed by atoms with Crippen LogP contribution in [0, 0.1) is 5.92 Å². The minimum atomic E-state index is 0.605. The van der Waals surface area contributed by atoms with Gasteiger partial charge in [0, 0.05) is 19.0 Å². The number of ether oxygens (including phenoxy) is 1. The van der Waals surface area contributed by atoms with Gasteiger partial charge in [-0.15, -0.1) is 0 Å². The number of fused-ring (bicyclic) bond motifs is 1. The second-order valence-corrected chi connectivity index (χ2v) is 7.81. The molecule has 26 heavy (non-hydrogen) atoms. The van der Waals surface area contributed by atoms with Crippen LogP contribution in [0.25, 0.3) is 16.6 Å². The molecule has 2 aliphatic rings. The van der Waals surface area contributed by atoms with E-state index in [4.69, 9.17) is 4.74 Å². The maximum absolute atomic E-state index is 5.37. The molecule has 5 rings (SSSR count). The van der Waals surface area contributed by atoms with Crippen molar-refractivity contribution in [3.05, 3.63) is 42.4 Å². The molecule has 6 heteroatoms. The molecule has 2 aromatic heterocycles. The molecule has 0 unspecified atom stereocenters. The van der Waals surface area contributed by atoms with Crippen LogP contribution >= 0.6 is 0 Å². The number of piperidine rings is 1. The predicted octanol–water partition coefficient (Wildman–Crippen LogP) is 2.58. The smallest absolute Gasteiger partial charge is 0.103 e. The van der Waals surface area contributed by atoms with E-state index in [2.05, 4.69) is 40.2 Å². The highest BCUT2D eigenvalue weighted by Gasteiger charge is 2.33. The highest BCUT2D eigenvalue weighted by Crippen LogP contribution is 2.35. The highest BCUT2D eigenvalue weighted by atomic mass is 16.5. The molecule has 2 atom stereocenters. The summed E-state index contributed by atoms with van der Waals surface area (Å²) in [5.41, 5.74) is 3.60. The van der Waals surface area contributed by atoms with Crippen LogP contribution in [0.2, 0.25) is 0 Å². The van der Waals surface area contributed by atoms with E-state index in [1.165, 1.54) is 30.5 Å². The molecular formula is C20H25N5O.